The zero-order valence-electron chi connectivity index (χ0n) is 16.3. The van der Waals surface area contributed by atoms with Crippen molar-refractivity contribution in [2.75, 3.05) is 23.9 Å². The van der Waals surface area contributed by atoms with E-state index in [0.29, 0.717) is 11.4 Å². The van der Waals surface area contributed by atoms with E-state index in [9.17, 15) is 29.3 Å². The first-order valence-electron chi connectivity index (χ1n) is 9.05. The Morgan fingerprint density at radius 3 is 2.32 bits per heavy atom. The van der Waals surface area contributed by atoms with Gasteiger partial charge in [0.05, 0.1) is 23.3 Å². The molecule has 3 rings (SSSR count). The highest BCUT2D eigenvalue weighted by Gasteiger charge is 2.30. The van der Waals surface area contributed by atoms with Crippen LogP contribution in [0.15, 0.2) is 42.5 Å². The van der Waals surface area contributed by atoms with Crippen molar-refractivity contribution in [3.05, 3.63) is 58.1 Å². The second-order valence-corrected chi connectivity index (χ2v) is 6.43. The molecule has 0 unspecified atom stereocenters. The van der Waals surface area contributed by atoms with E-state index in [2.05, 4.69) is 5.32 Å². The number of hydrogen-bond donors (Lipinski definition) is 1. The third-order valence-electron chi connectivity index (χ3n) is 4.42. The van der Waals surface area contributed by atoms with Crippen molar-refractivity contribution in [1.29, 1.82) is 0 Å². The van der Waals surface area contributed by atoms with Crippen molar-refractivity contribution in [2.45, 2.75) is 12.8 Å². The lowest BCUT2D eigenvalue weighted by molar-refractivity contribution is -0.383. The molecular weight excluding hydrogens is 410 g/mol. The van der Waals surface area contributed by atoms with Crippen molar-refractivity contribution in [3.8, 4) is 5.75 Å². The smallest absolute Gasteiger partial charge is 0.338 e. The highest BCUT2D eigenvalue weighted by molar-refractivity contribution is 6.19. The summed E-state index contributed by atoms with van der Waals surface area (Å²) in [5.41, 5.74) is -0.00750. The number of carbonyl (C=O) groups excluding carboxylic acids is 4. The molecule has 0 spiro atoms. The Bertz CT molecular complexity index is 1050. The van der Waals surface area contributed by atoms with E-state index in [0.717, 1.165) is 4.90 Å². The van der Waals surface area contributed by atoms with Crippen LogP contribution in [0.4, 0.5) is 17.1 Å². The predicted molar refractivity (Wildman–Crippen MR) is 107 cm³/mol. The molecular formula is C20H17N3O8. The third kappa shape index (κ3) is 4.83. The molecule has 0 bridgehead atoms. The minimum Gasteiger partial charge on any atom is -0.497 e. The van der Waals surface area contributed by atoms with Gasteiger partial charge in [-0.2, -0.15) is 0 Å². The van der Waals surface area contributed by atoms with Gasteiger partial charge in [0.2, 0.25) is 11.8 Å². The first kappa shape index (κ1) is 21.4. The fraction of sp³-hybridized carbons (Fsp3) is 0.200. The van der Waals surface area contributed by atoms with Crippen LogP contribution < -0.4 is 15.0 Å². The highest BCUT2D eigenvalue weighted by atomic mass is 16.6. The third-order valence-corrected chi connectivity index (χ3v) is 4.42. The Morgan fingerprint density at radius 1 is 1.10 bits per heavy atom. The number of nitrogens with zero attached hydrogens (tertiary/aromatic N) is 2. The van der Waals surface area contributed by atoms with Gasteiger partial charge < -0.3 is 14.8 Å². The van der Waals surface area contributed by atoms with Gasteiger partial charge in [-0.05, 0) is 30.3 Å². The summed E-state index contributed by atoms with van der Waals surface area (Å²) in [5, 5.41) is 13.4. The molecule has 0 atom stereocenters. The maximum atomic E-state index is 12.2. The van der Waals surface area contributed by atoms with Crippen LogP contribution in [0.2, 0.25) is 0 Å². The maximum absolute atomic E-state index is 12.2. The molecule has 2 aromatic rings. The number of imide groups is 1. The van der Waals surface area contributed by atoms with Crippen molar-refractivity contribution in [1.82, 2.24) is 0 Å². The molecule has 11 heteroatoms. The molecule has 0 aliphatic carbocycles. The fourth-order valence-electron chi connectivity index (χ4n) is 2.91. The second kappa shape index (κ2) is 9.03. The highest BCUT2D eigenvalue weighted by Crippen LogP contribution is 2.28. The van der Waals surface area contributed by atoms with Gasteiger partial charge in [-0.15, -0.1) is 0 Å². The lowest BCUT2D eigenvalue weighted by Crippen LogP contribution is -2.28. The lowest BCUT2D eigenvalue weighted by Gasteiger charge is -2.14. The minimum absolute atomic E-state index is 0.100. The summed E-state index contributed by atoms with van der Waals surface area (Å²) in [5.74, 6) is -1.93. The number of rotatable bonds is 7. The summed E-state index contributed by atoms with van der Waals surface area (Å²) in [6.07, 6.45) is 0.284. The second-order valence-electron chi connectivity index (χ2n) is 6.43. The van der Waals surface area contributed by atoms with Gasteiger partial charge in [0.1, 0.15) is 11.4 Å². The monoisotopic (exact) mass is 427 g/mol. The molecule has 1 aliphatic rings. The van der Waals surface area contributed by atoms with E-state index in [1.807, 2.05) is 0 Å². The standard InChI is InChI=1S/C20H17N3O8/c1-30-14-6-7-16(23(28)29)15(10-14)21-17(24)11-31-20(27)12-2-4-13(5-3-12)22-18(25)8-9-19(22)26/h2-7,10H,8-9,11H2,1H3,(H,21,24). The maximum Gasteiger partial charge on any atom is 0.338 e. The van der Waals surface area contributed by atoms with Gasteiger partial charge in [0, 0.05) is 25.0 Å². The van der Waals surface area contributed by atoms with E-state index >= 15 is 0 Å². The number of amides is 3. The van der Waals surface area contributed by atoms with Gasteiger partial charge in [-0.1, -0.05) is 0 Å². The van der Waals surface area contributed by atoms with E-state index in [1.54, 1.807) is 0 Å². The summed E-state index contributed by atoms with van der Waals surface area (Å²) in [7, 11) is 1.37. The number of methoxy groups -OCH3 is 1. The first-order chi connectivity index (χ1) is 14.8. The van der Waals surface area contributed by atoms with Crippen LogP contribution in [0.25, 0.3) is 0 Å². The van der Waals surface area contributed by atoms with Gasteiger partial charge in [-0.3, -0.25) is 29.4 Å². The molecule has 3 amide bonds. The van der Waals surface area contributed by atoms with Crippen LogP contribution in [0.3, 0.4) is 0 Å². The largest absolute Gasteiger partial charge is 0.497 e. The lowest BCUT2D eigenvalue weighted by atomic mass is 10.2. The molecule has 0 radical (unpaired) electrons. The molecule has 0 saturated carbocycles. The van der Waals surface area contributed by atoms with Crippen LogP contribution >= 0.6 is 0 Å². The Labute approximate surface area is 175 Å². The molecule has 1 aliphatic heterocycles. The number of benzene rings is 2. The number of carbonyl (C=O) groups is 4. The SMILES string of the molecule is COc1ccc([N+](=O)[O-])c(NC(=O)COC(=O)c2ccc(N3C(=O)CCC3=O)cc2)c1. The Hall–Kier alpha value is -4.28. The number of hydrogen-bond acceptors (Lipinski definition) is 8. The molecule has 1 heterocycles. The molecule has 0 aromatic heterocycles. The summed E-state index contributed by atoms with van der Waals surface area (Å²) in [4.78, 5) is 59.2. The van der Waals surface area contributed by atoms with E-state index in [1.165, 1.54) is 49.6 Å². The molecule has 31 heavy (non-hydrogen) atoms. The number of esters is 1. The Kier molecular flexibility index (Phi) is 6.24. The minimum atomic E-state index is -0.819. The van der Waals surface area contributed by atoms with Crippen LogP contribution in [0.5, 0.6) is 5.75 Å². The fourth-order valence-corrected chi connectivity index (χ4v) is 2.91. The zero-order chi connectivity index (χ0) is 22.5. The number of nitrogens with one attached hydrogen (secondary N) is 1. The van der Waals surface area contributed by atoms with Crippen LogP contribution in [-0.2, 0) is 19.1 Å². The first-order valence-corrected chi connectivity index (χ1v) is 9.05. The summed E-state index contributed by atoms with van der Waals surface area (Å²) in [6, 6.07) is 9.41. The van der Waals surface area contributed by atoms with Gasteiger partial charge in [-0.25, -0.2) is 4.79 Å². The summed E-state index contributed by atoms with van der Waals surface area (Å²) >= 11 is 0. The number of ether oxygens (including phenoxy) is 2. The molecule has 11 nitrogen and oxygen atoms in total. The number of nitro benzene ring substituents is 1. The van der Waals surface area contributed by atoms with Gasteiger partial charge in [0.15, 0.2) is 6.61 Å². The van der Waals surface area contributed by atoms with E-state index < -0.39 is 23.4 Å². The molecule has 2 aromatic carbocycles. The number of anilines is 2. The topological polar surface area (TPSA) is 145 Å². The molecule has 1 saturated heterocycles. The summed E-state index contributed by atoms with van der Waals surface area (Å²) in [6.45, 7) is -0.682. The normalized spacial score (nSPS) is 13.1. The number of nitro groups is 1. The van der Waals surface area contributed by atoms with Gasteiger partial charge in [0.25, 0.3) is 11.6 Å². The Morgan fingerprint density at radius 2 is 1.74 bits per heavy atom. The van der Waals surface area contributed by atoms with Crippen molar-refractivity contribution >= 4 is 40.8 Å². The molecule has 1 N–H and O–H groups in total. The Balaban J connectivity index is 1.61. The van der Waals surface area contributed by atoms with Crippen LogP contribution in [0, 0.1) is 10.1 Å². The van der Waals surface area contributed by atoms with Gasteiger partial charge >= 0.3 is 5.97 Å². The average molecular weight is 427 g/mol. The van der Waals surface area contributed by atoms with Crippen LogP contribution in [0.1, 0.15) is 23.2 Å². The average Bonchev–Trinajstić information content (AvgIpc) is 3.09. The summed E-state index contributed by atoms with van der Waals surface area (Å²) < 4.78 is 9.91. The quantitative estimate of drug-likeness (QED) is 0.306. The van der Waals surface area contributed by atoms with Crippen molar-refractivity contribution < 1.29 is 33.6 Å². The predicted octanol–water partition coefficient (Wildman–Crippen LogP) is 2.05. The van der Waals surface area contributed by atoms with Crippen molar-refractivity contribution in [2.24, 2.45) is 0 Å². The van der Waals surface area contributed by atoms with Crippen molar-refractivity contribution in [3.63, 3.8) is 0 Å². The van der Waals surface area contributed by atoms with E-state index in [-0.39, 0.29) is 41.6 Å². The molecule has 160 valence electrons. The molecule has 1 fully saturated rings. The zero-order valence-corrected chi connectivity index (χ0v) is 16.3. The van der Waals surface area contributed by atoms with E-state index in [4.69, 9.17) is 9.47 Å². The van der Waals surface area contributed by atoms with Crippen LogP contribution in [-0.4, -0.2) is 42.3 Å².